The number of nitrogens with one attached hydrogen (secondary N) is 1. The van der Waals surface area contributed by atoms with E-state index in [2.05, 4.69) is 15.3 Å². The molecule has 2 rings (SSSR count). The number of hydrogen-bond donors (Lipinski definition) is 2. The van der Waals surface area contributed by atoms with Gasteiger partial charge in [0.1, 0.15) is 11.4 Å². The van der Waals surface area contributed by atoms with Gasteiger partial charge >= 0.3 is 6.18 Å². The maximum absolute atomic E-state index is 12.7. The Morgan fingerprint density at radius 1 is 1.24 bits per heavy atom. The van der Waals surface area contributed by atoms with E-state index >= 15 is 0 Å². The Bertz CT molecular complexity index is 787. The zero-order valence-electron chi connectivity index (χ0n) is 14.0. The van der Waals surface area contributed by atoms with Crippen LogP contribution in [0.2, 0.25) is 0 Å². The van der Waals surface area contributed by atoms with E-state index < -0.39 is 24.7 Å². The number of halogens is 3. The summed E-state index contributed by atoms with van der Waals surface area (Å²) in [4.78, 5) is 7.31. The van der Waals surface area contributed by atoms with Crippen LogP contribution in [-0.4, -0.2) is 22.3 Å². The lowest BCUT2D eigenvalue weighted by Gasteiger charge is -2.15. The van der Waals surface area contributed by atoms with E-state index in [0.717, 1.165) is 5.56 Å². The summed E-state index contributed by atoms with van der Waals surface area (Å²) in [5.41, 5.74) is 5.77. The maximum Gasteiger partial charge on any atom is 0.421 e. The Balaban J connectivity index is 2.20. The van der Waals surface area contributed by atoms with Crippen molar-refractivity contribution in [3.63, 3.8) is 0 Å². The Morgan fingerprint density at radius 2 is 1.92 bits per heavy atom. The highest BCUT2D eigenvalue weighted by Crippen LogP contribution is 2.48. The lowest BCUT2D eigenvalue weighted by molar-refractivity contribution is -0.137. The van der Waals surface area contributed by atoms with Gasteiger partial charge < -0.3 is 15.6 Å². The number of aromatic nitrogens is 2. The molecule has 0 aliphatic carbocycles. The van der Waals surface area contributed by atoms with Crippen molar-refractivity contribution < 1.29 is 17.7 Å². The Kier molecular flexibility index (Phi) is 5.72. The fourth-order valence-corrected chi connectivity index (χ4v) is 4.09. The standard InChI is InChI=1S/C16H20F3N4OP/c1-3-25(24,4-2)10-11-6-5-7-12(8-11)22-15-21-9-13(14(20)23-15)16(17,18)19/h5-9H,3-4,10H2,1-2H3,(H3,20,21,22,23). The van der Waals surface area contributed by atoms with Crippen molar-refractivity contribution in [2.24, 2.45) is 0 Å². The molecule has 0 spiro atoms. The van der Waals surface area contributed by atoms with Crippen LogP contribution in [-0.2, 0) is 16.9 Å². The maximum atomic E-state index is 12.7. The van der Waals surface area contributed by atoms with Gasteiger partial charge in [0, 0.05) is 18.0 Å². The number of anilines is 3. The number of hydrogen-bond acceptors (Lipinski definition) is 5. The largest absolute Gasteiger partial charge is 0.421 e. The summed E-state index contributed by atoms with van der Waals surface area (Å²) >= 11 is 0. The van der Waals surface area contributed by atoms with E-state index in [1.165, 1.54) is 0 Å². The third-order valence-electron chi connectivity index (χ3n) is 3.93. The van der Waals surface area contributed by atoms with Gasteiger partial charge in [0.2, 0.25) is 5.95 Å². The highest BCUT2D eigenvalue weighted by molar-refractivity contribution is 7.63. The van der Waals surface area contributed by atoms with Crippen molar-refractivity contribution in [2.45, 2.75) is 26.2 Å². The van der Waals surface area contributed by atoms with E-state index in [1.807, 2.05) is 19.9 Å². The quantitative estimate of drug-likeness (QED) is 0.717. The van der Waals surface area contributed by atoms with Gasteiger partial charge in [-0.3, -0.25) is 0 Å². The van der Waals surface area contributed by atoms with Gasteiger partial charge in [-0.05, 0) is 30.0 Å². The first-order chi connectivity index (χ1) is 11.7. The molecule has 1 aromatic heterocycles. The molecule has 9 heteroatoms. The predicted octanol–water partition coefficient (Wildman–Crippen LogP) is 4.72. The number of nitrogens with zero attached hydrogens (tertiary/aromatic N) is 2. The van der Waals surface area contributed by atoms with Crippen LogP contribution in [0.15, 0.2) is 30.5 Å². The highest BCUT2D eigenvalue weighted by atomic mass is 31.2. The summed E-state index contributed by atoms with van der Waals surface area (Å²) in [5.74, 6) is -0.667. The van der Waals surface area contributed by atoms with Crippen LogP contribution in [0.5, 0.6) is 0 Å². The molecule has 0 fully saturated rings. The van der Waals surface area contributed by atoms with E-state index in [1.54, 1.807) is 18.2 Å². The number of nitrogen functional groups attached to an aromatic ring is 1. The van der Waals surface area contributed by atoms with E-state index in [-0.39, 0.29) is 5.95 Å². The molecule has 0 radical (unpaired) electrons. The minimum Gasteiger partial charge on any atom is -0.383 e. The molecule has 136 valence electrons. The molecule has 1 aromatic carbocycles. The second-order valence-corrected chi connectivity index (χ2v) is 9.36. The van der Waals surface area contributed by atoms with Crippen LogP contribution in [0.4, 0.5) is 30.6 Å². The van der Waals surface area contributed by atoms with Gasteiger partial charge in [-0.2, -0.15) is 18.2 Å². The molecule has 0 atom stereocenters. The average molecular weight is 372 g/mol. The highest BCUT2D eigenvalue weighted by Gasteiger charge is 2.34. The molecule has 0 bridgehead atoms. The SMILES string of the molecule is CCP(=O)(CC)Cc1cccc(Nc2ncc(C(F)(F)F)c(N)n2)c1. The van der Waals surface area contributed by atoms with Gasteiger partial charge in [-0.15, -0.1) is 0 Å². The molecule has 3 N–H and O–H groups in total. The van der Waals surface area contributed by atoms with Crippen LogP contribution in [0, 0.1) is 0 Å². The number of nitrogens with two attached hydrogens (primary N) is 1. The lowest BCUT2D eigenvalue weighted by Crippen LogP contribution is -2.12. The number of rotatable bonds is 6. The molecule has 0 unspecified atom stereocenters. The van der Waals surface area contributed by atoms with E-state index in [0.29, 0.717) is 30.4 Å². The van der Waals surface area contributed by atoms with Crippen LogP contribution >= 0.6 is 7.14 Å². The fraction of sp³-hybridized carbons (Fsp3) is 0.375. The lowest BCUT2D eigenvalue weighted by atomic mass is 10.2. The molecule has 0 saturated heterocycles. The summed E-state index contributed by atoms with van der Waals surface area (Å²) in [7, 11) is -2.24. The smallest absolute Gasteiger partial charge is 0.383 e. The van der Waals surface area contributed by atoms with Crippen molar-refractivity contribution in [2.75, 3.05) is 23.4 Å². The first-order valence-electron chi connectivity index (χ1n) is 7.79. The molecule has 0 aliphatic heterocycles. The molecule has 0 saturated carbocycles. The molecule has 2 aromatic rings. The third-order valence-corrected chi connectivity index (χ3v) is 7.18. The zero-order valence-corrected chi connectivity index (χ0v) is 14.9. The van der Waals surface area contributed by atoms with Crippen molar-refractivity contribution in [1.29, 1.82) is 0 Å². The van der Waals surface area contributed by atoms with Gasteiger partial charge in [-0.25, -0.2) is 4.98 Å². The fourth-order valence-electron chi connectivity index (χ4n) is 2.33. The van der Waals surface area contributed by atoms with Crippen molar-refractivity contribution >= 4 is 24.6 Å². The van der Waals surface area contributed by atoms with Crippen molar-refractivity contribution in [3.8, 4) is 0 Å². The Morgan fingerprint density at radius 3 is 2.48 bits per heavy atom. The van der Waals surface area contributed by atoms with Crippen LogP contribution in [0.25, 0.3) is 0 Å². The van der Waals surface area contributed by atoms with Gasteiger partial charge in [0.25, 0.3) is 0 Å². The van der Waals surface area contributed by atoms with E-state index in [4.69, 9.17) is 5.73 Å². The van der Waals surface area contributed by atoms with Crippen molar-refractivity contribution in [1.82, 2.24) is 9.97 Å². The topological polar surface area (TPSA) is 80.9 Å². The normalized spacial score (nSPS) is 12.2. The first kappa shape index (κ1) is 19.2. The molecular weight excluding hydrogens is 352 g/mol. The molecule has 5 nitrogen and oxygen atoms in total. The second-order valence-electron chi connectivity index (χ2n) is 5.66. The first-order valence-corrected chi connectivity index (χ1v) is 10.1. The summed E-state index contributed by atoms with van der Waals surface area (Å²) in [5, 5.41) is 2.83. The molecule has 0 aliphatic rings. The summed E-state index contributed by atoms with van der Waals surface area (Å²) in [6.07, 6.45) is -2.22. The predicted molar refractivity (Wildman–Crippen MR) is 93.6 cm³/mol. The number of alkyl halides is 3. The number of benzene rings is 1. The summed E-state index contributed by atoms with van der Waals surface area (Å²) < 4.78 is 50.6. The Hall–Kier alpha value is -2.08. The van der Waals surface area contributed by atoms with Crippen LogP contribution < -0.4 is 11.1 Å². The monoisotopic (exact) mass is 372 g/mol. The Labute approximate surface area is 144 Å². The minimum absolute atomic E-state index is 0.0307. The van der Waals surface area contributed by atoms with Crippen LogP contribution in [0.1, 0.15) is 25.0 Å². The summed E-state index contributed by atoms with van der Waals surface area (Å²) in [6, 6.07) is 7.16. The van der Waals surface area contributed by atoms with Gasteiger partial charge in [0.15, 0.2) is 0 Å². The molecule has 0 amide bonds. The third kappa shape index (κ3) is 4.95. The van der Waals surface area contributed by atoms with Crippen LogP contribution in [0.3, 0.4) is 0 Å². The molecular formula is C16H20F3N4OP. The van der Waals surface area contributed by atoms with Gasteiger partial charge in [0.05, 0.1) is 7.14 Å². The van der Waals surface area contributed by atoms with Crippen molar-refractivity contribution in [3.05, 3.63) is 41.6 Å². The average Bonchev–Trinajstić information content (AvgIpc) is 2.54. The zero-order chi connectivity index (χ0) is 18.7. The van der Waals surface area contributed by atoms with E-state index in [9.17, 15) is 17.7 Å². The van der Waals surface area contributed by atoms with Gasteiger partial charge in [-0.1, -0.05) is 26.0 Å². The molecule has 1 heterocycles. The molecule has 25 heavy (non-hydrogen) atoms. The second kappa shape index (κ2) is 7.44. The minimum atomic E-state index is -4.59. The summed E-state index contributed by atoms with van der Waals surface area (Å²) in [6.45, 7) is 3.82.